The Kier molecular flexibility index (Phi) is 3.48. The van der Waals surface area contributed by atoms with Crippen molar-refractivity contribution in [1.29, 1.82) is 5.26 Å². The van der Waals surface area contributed by atoms with Crippen molar-refractivity contribution in [2.45, 2.75) is 13.0 Å². The summed E-state index contributed by atoms with van der Waals surface area (Å²) in [6.45, 7) is 2.38. The van der Waals surface area contributed by atoms with E-state index in [4.69, 9.17) is 5.26 Å². The van der Waals surface area contributed by atoms with Crippen LogP contribution in [0, 0.1) is 11.3 Å². The fourth-order valence-electron chi connectivity index (χ4n) is 1.58. The molecule has 0 radical (unpaired) electrons. The average molecular weight is 227 g/mol. The molecule has 0 aliphatic heterocycles. The standard InChI is InChI=1S/C12H13N5/c1-10(14-7-6-13)11-2-4-12(5-3-11)17-9-8-15-16-17/h2-5,8-10,14H,7H2,1H3. The van der Waals surface area contributed by atoms with Crippen molar-refractivity contribution in [3.63, 3.8) is 0 Å². The maximum Gasteiger partial charge on any atom is 0.0845 e. The van der Waals surface area contributed by atoms with E-state index >= 15 is 0 Å². The Morgan fingerprint density at radius 1 is 1.41 bits per heavy atom. The van der Waals surface area contributed by atoms with Gasteiger partial charge in [-0.15, -0.1) is 5.10 Å². The van der Waals surface area contributed by atoms with E-state index in [1.807, 2.05) is 31.2 Å². The summed E-state index contributed by atoms with van der Waals surface area (Å²) in [4.78, 5) is 0. The Morgan fingerprint density at radius 3 is 2.76 bits per heavy atom. The van der Waals surface area contributed by atoms with Gasteiger partial charge in [-0.2, -0.15) is 5.26 Å². The fraction of sp³-hybridized carbons (Fsp3) is 0.250. The molecule has 0 aliphatic rings. The monoisotopic (exact) mass is 227 g/mol. The van der Waals surface area contributed by atoms with Gasteiger partial charge in [-0.25, -0.2) is 4.68 Å². The first-order valence-electron chi connectivity index (χ1n) is 5.38. The molecule has 0 fully saturated rings. The van der Waals surface area contributed by atoms with Crippen molar-refractivity contribution >= 4 is 0 Å². The highest BCUT2D eigenvalue weighted by molar-refractivity contribution is 5.34. The molecule has 5 nitrogen and oxygen atoms in total. The maximum absolute atomic E-state index is 8.50. The van der Waals surface area contributed by atoms with Crippen LogP contribution in [0.25, 0.3) is 5.69 Å². The molecular weight excluding hydrogens is 214 g/mol. The Bertz CT molecular complexity index is 495. The minimum absolute atomic E-state index is 0.166. The molecular formula is C12H13N5. The van der Waals surface area contributed by atoms with Gasteiger partial charge in [-0.1, -0.05) is 17.3 Å². The average Bonchev–Trinajstić information content (AvgIpc) is 2.90. The van der Waals surface area contributed by atoms with Crippen LogP contribution in [0.15, 0.2) is 36.7 Å². The van der Waals surface area contributed by atoms with Crippen LogP contribution in [0.2, 0.25) is 0 Å². The van der Waals surface area contributed by atoms with E-state index in [1.54, 1.807) is 17.1 Å². The Balaban J connectivity index is 2.11. The molecule has 17 heavy (non-hydrogen) atoms. The summed E-state index contributed by atoms with van der Waals surface area (Å²) >= 11 is 0. The van der Waals surface area contributed by atoms with Crippen LogP contribution in [0.4, 0.5) is 0 Å². The topological polar surface area (TPSA) is 66.5 Å². The number of hydrogen-bond acceptors (Lipinski definition) is 4. The van der Waals surface area contributed by atoms with E-state index in [-0.39, 0.29) is 6.04 Å². The fourth-order valence-corrected chi connectivity index (χ4v) is 1.58. The molecule has 1 aromatic carbocycles. The highest BCUT2D eigenvalue weighted by atomic mass is 15.4. The molecule has 0 saturated heterocycles. The number of nitriles is 1. The molecule has 2 aromatic rings. The zero-order valence-electron chi connectivity index (χ0n) is 9.54. The second-order valence-electron chi connectivity index (χ2n) is 3.70. The molecule has 1 heterocycles. The van der Waals surface area contributed by atoms with Gasteiger partial charge in [0.15, 0.2) is 0 Å². The lowest BCUT2D eigenvalue weighted by Gasteiger charge is -2.12. The van der Waals surface area contributed by atoms with Gasteiger partial charge in [0.2, 0.25) is 0 Å². The van der Waals surface area contributed by atoms with Gasteiger partial charge in [0.25, 0.3) is 0 Å². The summed E-state index contributed by atoms with van der Waals surface area (Å²) < 4.78 is 1.71. The van der Waals surface area contributed by atoms with Crippen LogP contribution in [0.3, 0.4) is 0 Å². The van der Waals surface area contributed by atoms with E-state index in [0.29, 0.717) is 6.54 Å². The largest absolute Gasteiger partial charge is 0.298 e. The second kappa shape index (κ2) is 5.23. The predicted molar refractivity (Wildman–Crippen MR) is 63.4 cm³/mol. The first-order valence-corrected chi connectivity index (χ1v) is 5.38. The number of hydrogen-bond donors (Lipinski definition) is 1. The predicted octanol–water partition coefficient (Wildman–Crippen LogP) is 1.44. The zero-order valence-corrected chi connectivity index (χ0v) is 9.54. The number of aromatic nitrogens is 3. The molecule has 1 N–H and O–H groups in total. The molecule has 1 atom stereocenters. The lowest BCUT2D eigenvalue weighted by Crippen LogP contribution is -2.18. The summed E-state index contributed by atoms with van der Waals surface area (Å²) in [6.07, 6.45) is 3.44. The molecule has 0 spiro atoms. The van der Waals surface area contributed by atoms with Gasteiger partial charge in [-0.3, -0.25) is 5.32 Å². The van der Waals surface area contributed by atoms with Crippen LogP contribution in [-0.2, 0) is 0 Å². The zero-order chi connectivity index (χ0) is 12.1. The molecule has 0 bridgehead atoms. The van der Waals surface area contributed by atoms with Crippen molar-refractivity contribution < 1.29 is 0 Å². The molecule has 0 aliphatic carbocycles. The van der Waals surface area contributed by atoms with Crippen LogP contribution in [-0.4, -0.2) is 21.5 Å². The van der Waals surface area contributed by atoms with Crippen LogP contribution < -0.4 is 5.32 Å². The molecule has 0 amide bonds. The van der Waals surface area contributed by atoms with Crippen molar-refractivity contribution in [2.24, 2.45) is 0 Å². The molecule has 86 valence electrons. The first kappa shape index (κ1) is 11.3. The Morgan fingerprint density at radius 2 is 2.18 bits per heavy atom. The third kappa shape index (κ3) is 2.68. The number of nitrogens with one attached hydrogen (secondary N) is 1. The van der Waals surface area contributed by atoms with E-state index in [9.17, 15) is 0 Å². The van der Waals surface area contributed by atoms with Gasteiger partial charge in [-0.05, 0) is 24.6 Å². The summed E-state index contributed by atoms with van der Waals surface area (Å²) in [7, 11) is 0. The van der Waals surface area contributed by atoms with E-state index < -0.39 is 0 Å². The quantitative estimate of drug-likeness (QED) is 0.803. The lowest BCUT2D eigenvalue weighted by molar-refractivity contribution is 0.621. The summed E-state index contributed by atoms with van der Waals surface area (Å²) in [5, 5.41) is 19.3. The molecule has 2 rings (SSSR count). The van der Waals surface area contributed by atoms with Crippen molar-refractivity contribution in [1.82, 2.24) is 20.3 Å². The van der Waals surface area contributed by atoms with Crippen LogP contribution >= 0.6 is 0 Å². The summed E-state index contributed by atoms with van der Waals surface area (Å²) in [5.74, 6) is 0. The van der Waals surface area contributed by atoms with Gasteiger partial charge >= 0.3 is 0 Å². The Hall–Kier alpha value is -2.19. The van der Waals surface area contributed by atoms with E-state index in [2.05, 4.69) is 21.7 Å². The molecule has 1 aromatic heterocycles. The van der Waals surface area contributed by atoms with Crippen LogP contribution in [0.1, 0.15) is 18.5 Å². The minimum Gasteiger partial charge on any atom is -0.298 e. The van der Waals surface area contributed by atoms with Crippen LogP contribution in [0.5, 0.6) is 0 Å². The lowest BCUT2D eigenvalue weighted by atomic mass is 10.1. The SMILES string of the molecule is CC(NCC#N)c1ccc(-n2ccnn2)cc1. The van der Waals surface area contributed by atoms with Crippen molar-refractivity contribution in [2.75, 3.05) is 6.54 Å². The molecule has 1 unspecified atom stereocenters. The molecule has 5 heteroatoms. The third-order valence-electron chi connectivity index (χ3n) is 2.57. The maximum atomic E-state index is 8.50. The van der Waals surface area contributed by atoms with E-state index in [0.717, 1.165) is 11.3 Å². The first-order chi connectivity index (χ1) is 8.31. The number of nitrogens with zero attached hydrogens (tertiary/aromatic N) is 4. The normalized spacial score (nSPS) is 12.0. The van der Waals surface area contributed by atoms with Gasteiger partial charge in [0.1, 0.15) is 0 Å². The molecule has 0 saturated carbocycles. The smallest absolute Gasteiger partial charge is 0.0845 e. The number of benzene rings is 1. The van der Waals surface area contributed by atoms with E-state index in [1.165, 1.54) is 0 Å². The Labute approximate surface area is 99.7 Å². The third-order valence-corrected chi connectivity index (χ3v) is 2.57. The minimum atomic E-state index is 0.166. The second-order valence-corrected chi connectivity index (χ2v) is 3.70. The highest BCUT2D eigenvalue weighted by Gasteiger charge is 2.04. The highest BCUT2D eigenvalue weighted by Crippen LogP contribution is 2.14. The van der Waals surface area contributed by atoms with Crippen molar-refractivity contribution in [3.05, 3.63) is 42.2 Å². The number of rotatable bonds is 4. The van der Waals surface area contributed by atoms with Gasteiger partial charge in [0, 0.05) is 6.04 Å². The summed E-state index contributed by atoms with van der Waals surface area (Å²) in [5.41, 5.74) is 2.11. The van der Waals surface area contributed by atoms with Gasteiger partial charge < -0.3 is 0 Å². The van der Waals surface area contributed by atoms with Crippen molar-refractivity contribution in [3.8, 4) is 11.8 Å². The summed E-state index contributed by atoms with van der Waals surface area (Å²) in [6, 6.07) is 10.2. The van der Waals surface area contributed by atoms with Gasteiger partial charge in [0.05, 0.1) is 30.7 Å².